The molecule has 174 valence electrons. The van der Waals surface area contributed by atoms with Gasteiger partial charge in [-0.25, -0.2) is 0 Å². The van der Waals surface area contributed by atoms with Crippen LogP contribution in [0.2, 0.25) is 0 Å². The SMILES string of the molecule is CCCCc1ccc(CC2CNCCNCCCCNCCN2)cc1.Cl.Cl.Cl.Cl. The minimum absolute atomic E-state index is 0. The highest BCUT2D eigenvalue weighted by Crippen LogP contribution is 2.09. The minimum atomic E-state index is 0. The Morgan fingerprint density at radius 2 is 1.28 bits per heavy atom. The number of aryl methyl sites for hydroxylation is 1. The van der Waals surface area contributed by atoms with E-state index in [0.29, 0.717) is 6.04 Å². The summed E-state index contributed by atoms with van der Waals surface area (Å²) in [6.07, 6.45) is 7.37. The molecule has 1 saturated heterocycles. The molecule has 0 amide bonds. The quantitative estimate of drug-likeness (QED) is 0.506. The van der Waals surface area contributed by atoms with Gasteiger partial charge in [0.2, 0.25) is 0 Å². The summed E-state index contributed by atoms with van der Waals surface area (Å²) < 4.78 is 0. The van der Waals surface area contributed by atoms with Gasteiger partial charge in [-0.05, 0) is 56.3 Å². The third kappa shape index (κ3) is 16.6. The average Bonchev–Trinajstić information content (AvgIpc) is 2.64. The average molecular weight is 492 g/mol. The highest BCUT2D eigenvalue weighted by molar-refractivity contribution is 5.86. The summed E-state index contributed by atoms with van der Waals surface area (Å²) in [5.41, 5.74) is 2.91. The molecular formula is C21H42Cl4N4. The molecule has 2 rings (SSSR count). The number of unbranched alkanes of at least 4 members (excludes halogenated alkanes) is 1. The van der Waals surface area contributed by atoms with Gasteiger partial charge in [0.05, 0.1) is 0 Å². The largest absolute Gasteiger partial charge is 0.315 e. The van der Waals surface area contributed by atoms with Crippen molar-refractivity contribution in [2.45, 2.75) is 51.5 Å². The maximum Gasteiger partial charge on any atom is 0.0233 e. The van der Waals surface area contributed by atoms with E-state index in [4.69, 9.17) is 0 Å². The molecule has 4 N–H and O–H groups in total. The lowest BCUT2D eigenvalue weighted by atomic mass is 10.0. The van der Waals surface area contributed by atoms with E-state index in [1.165, 1.54) is 43.2 Å². The van der Waals surface area contributed by atoms with Crippen molar-refractivity contribution >= 4 is 49.6 Å². The third-order valence-corrected chi connectivity index (χ3v) is 4.89. The zero-order valence-corrected chi connectivity index (χ0v) is 21.0. The van der Waals surface area contributed by atoms with Crippen LogP contribution in [0.3, 0.4) is 0 Å². The van der Waals surface area contributed by atoms with Crippen molar-refractivity contribution in [2.75, 3.05) is 45.8 Å². The Balaban J connectivity index is -0.00000169. The Morgan fingerprint density at radius 1 is 0.724 bits per heavy atom. The van der Waals surface area contributed by atoms with E-state index in [1.807, 2.05) is 0 Å². The summed E-state index contributed by atoms with van der Waals surface area (Å²) >= 11 is 0. The molecule has 8 heteroatoms. The molecule has 1 atom stereocenters. The molecule has 1 aliphatic rings. The number of hydrogen-bond donors (Lipinski definition) is 4. The first kappa shape index (κ1) is 33.8. The fourth-order valence-electron chi connectivity index (χ4n) is 3.29. The molecule has 1 aromatic rings. The Morgan fingerprint density at radius 3 is 1.90 bits per heavy atom. The summed E-state index contributed by atoms with van der Waals surface area (Å²) in [5, 5.41) is 14.4. The summed E-state index contributed by atoms with van der Waals surface area (Å²) in [6.45, 7) is 9.75. The van der Waals surface area contributed by atoms with Crippen LogP contribution in [0.4, 0.5) is 0 Å². The van der Waals surface area contributed by atoms with Crippen LogP contribution in [-0.4, -0.2) is 51.9 Å². The number of nitrogens with one attached hydrogen (secondary N) is 4. The Kier molecular flexibility index (Phi) is 26.7. The van der Waals surface area contributed by atoms with E-state index < -0.39 is 0 Å². The van der Waals surface area contributed by atoms with E-state index in [-0.39, 0.29) is 49.6 Å². The third-order valence-electron chi connectivity index (χ3n) is 4.89. The number of halogens is 4. The second-order valence-corrected chi connectivity index (χ2v) is 7.19. The maximum atomic E-state index is 3.73. The minimum Gasteiger partial charge on any atom is -0.315 e. The first-order valence-electron chi connectivity index (χ1n) is 10.3. The topological polar surface area (TPSA) is 48.1 Å². The molecule has 0 bridgehead atoms. The van der Waals surface area contributed by atoms with Crippen molar-refractivity contribution < 1.29 is 0 Å². The van der Waals surface area contributed by atoms with E-state index in [0.717, 1.165) is 52.2 Å². The molecule has 1 unspecified atom stereocenters. The first-order chi connectivity index (χ1) is 12.4. The van der Waals surface area contributed by atoms with Gasteiger partial charge in [-0.1, -0.05) is 37.6 Å². The second kappa shape index (κ2) is 22.9. The molecule has 29 heavy (non-hydrogen) atoms. The van der Waals surface area contributed by atoms with Gasteiger partial charge in [-0.3, -0.25) is 0 Å². The van der Waals surface area contributed by atoms with Crippen LogP contribution in [0, 0.1) is 0 Å². The fraction of sp³-hybridized carbons (Fsp3) is 0.714. The zero-order valence-electron chi connectivity index (χ0n) is 17.7. The standard InChI is InChI=1S/C21H38N4.4ClH/c1-2-3-6-19-7-9-20(10-8-19)17-21-18-24-14-13-22-11-4-5-12-23-15-16-25-21;;;;/h7-10,21-25H,2-6,11-18H2,1H3;4*1H. The molecule has 1 heterocycles. The first-order valence-corrected chi connectivity index (χ1v) is 10.3. The lowest BCUT2D eigenvalue weighted by Crippen LogP contribution is -2.44. The number of hydrogen-bond acceptors (Lipinski definition) is 4. The van der Waals surface area contributed by atoms with Crippen molar-refractivity contribution in [3.63, 3.8) is 0 Å². The highest BCUT2D eigenvalue weighted by Gasteiger charge is 2.09. The van der Waals surface area contributed by atoms with Crippen LogP contribution >= 0.6 is 49.6 Å². The fourth-order valence-corrected chi connectivity index (χ4v) is 3.29. The van der Waals surface area contributed by atoms with Gasteiger partial charge in [0, 0.05) is 38.8 Å². The van der Waals surface area contributed by atoms with Crippen LogP contribution in [0.25, 0.3) is 0 Å². The van der Waals surface area contributed by atoms with Crippen molar-refractivity contribution in [2.24, 2.45) is 0 Å². The molecule has 1 aliphatic heterocycles. The normalized spacial score (nSPS) is 18.6. The molecule has 0 aliphatic carbocycles. The highest BCUT2D eigenvalue weighted by atomic mass is 35.5. The van der Waals surface area contributed by atoms with E-state index in [1.54, 1.807) is 0 Å². The molecule has 0 radical (unpaired) electrons. The monoisotopic (exact) mass is 490 g/mol. The van der Waals surface area contributed by atoms with Gasteiger partial charge in [-0.15, -0.1) is 49.6 Å². The van der Waals surface area contributed by atoms with Crippen LogP contribution in [-0.2, 0) is 12.8 Å². The molecule has 0 saturated carbocycles. The maximum absolute atomic E-state index is 3.73. The number of benzene rings is 1. The van der Waals surface area contributed by atoms with Crippen LogP contribution in [0.1, 0.15) is 43.7 Å². The van der Waals surface area contributed by atoms with Gasteiger partial charge >= 0.3 is 0 Å². The molecule has 0 spiro atoms. The van der Waals surface area contributed by atoms with Gasteiger partial charge in [-0.2, -0.15) is 0 Å². The summed E-state index contributed by atoms with van der Waals surface area (Å²) in [5.74, 6) is 0. The van der Waals surface area contributed by atoms with Gasteiger partial charge < -0.3 is 21.3 Å². The predicted molar refractivity (Wildman–Crippen MR) is 137 cm³/mol. The van der Waals surface area contributed by atoms with Crippen molar-refractivity contribution in [1.82, 2.24) is 21.3 Å². The lowest BCUT2D eigenvalue weighted by Gasteiger charge is -2.21. The predicted octanol–water partition coefficient (Wildman–Crippen LogP) is 3.78. The zero-order chi connectivity index (χ0) is 17.6. The lowest BCUT2D eigenvalue weighted by molar-refractivity contribution is 0.452. The van der Waals surface area contributed by atoms with Crippen molar-refractivity contribution in [3.8, 4) is 0 Å². The van der Waals surface area contributed by atoms with Gasteiger partial charge in [0.15, 0.2) is 0 Å². The molecule has 1 fully saturated rings. The van der Waals surface area contributed by atoms with E-state index >= 15 is 0 Å². The van der Waals surface area contributed by atoms with E-state index in [9.17, 15) is 0 Å². The molecular weight excluding hydrogens is 450 g/mol. The molecule has 1 aromatic carbocycles. The Labute approximate surface area is 203 Å². The molecule has 4 nitrogen and oxygen atoms in total. The summed E-state index contributed by atoms with van der Waals surface area (Å²) in [4.78, 5) is 0. The Bertz CT molecular complexity index is 435. The van der Waals surface area contributed by atoms with Crippen LogP contribution in [0.15, 0.2) is 24.3 Å². The second-order valence-electron chi connectivity index (χ2n) is 7.19. The summed E-state index contributed by atoms with van der Waals surface area (Å²) in [6, 6.07) is 9.75. The van der Waals surface area contributed by atoms with Crippen molar-refractivity contribution in [3.05, 3.63) is 35.4 Å². The Hall–Kier alpha value is 0.220. The molecule has 0 aromatic heterocycles. The van der Waals surface area contributed by atoms with E-state index in [2.05, 4.69) is 52.5 Å². The van der Waals surface area contributed by atoms with Crippen LogP contribution in [0.5, 0.6) is 0 Å². The smallest absolute Gasteiger partial charge is 0.0233 e. The van der Waals surface area contributed by atoms with Gasteiger partial charge in [0.25, 0.3) is 0 Å². The number of rotatable bonds is 5. The van der Waals surface area contributed by atoms with Gasteiger partial charge in [0.1, 0.15) is 0 Å². The summed E-state index contributed by atoms with van der Waals surface area (Å²) in [7, 11) is 0. The van der Waals surface area contributed by atoms with Crippen LogP contribution < -0.4 is 21.3 Å². The van der Waals surface area contributed by atoms with Crippen molar-refractivity contribution in [1.29, 1.82) is 0 Å².